The largest absolute Gasteiger partial charge is 0.457 e. The monoisotopic (exact) mass is 460 g/mol. The Hall–Kier alpha value is -3.16. The molecule has 0 fully saturated rings. The van der Waals surface area contributed by atoms with Crippen LogP contribution in [0.3, 0.4) is 0 Å². The van der Waals surface area contributed by atoms with E-state index in [0.717, 1.165) is 17.8 Å². The highest BCUT2D eigenvalue weighted by Crippen LogP contribution is 2.36. The molecule has 166 valence electrons. The van der Waals surface area contributed by atoms with E-state index in [0.29, 0.717) is 41.0 Å². The molecule has 0 bridgehead atoms. The van der Waals surface area contributed by atoms with Crippen molar-refractivity contribution in [2.45, 2.75) is 6.18 Å². The lowest BCUT2D eigenvalue weighted by atomic mass is 10.1. The Balaban J connectivity index is 1.60. The van der Waals surface area contributed by atoms with Crippen LogP contribution >= 0.6 is 11.6 Å². The first-order valence-electron chi connectivity index (χ1n) is 9.89. The number of hydrogen-bond acceptors (Lipinski definition) is 4. The van der Waals surface area contributed by atoms with E-state index in [4.69, 9.17) is 16.3 Å². The Bertz CT molecular complexity index is 1100. The van der Waals surface area contributed by atoms with Crippen LogP contribution in [-0.4, -0.2) is 29.8 Å². The summed E-state index contributed by atoms with van der Waals surface area (Å²) in [5.74, 6) is 1.26. The Morgan fingerprint density at radius 3 is 2.22 bits per heavy atom. The fourth-order valence-electron chi connectivity index (χ4n) is 3.44. The first-order valence-corrected chi connectivity index (χ1v) is 10.3. The van der Waals surface area contributed by atoms with E-state index in [-0.39, 0.29) is 6.61 Å². The van der Waals surface area contributed by atoms with Crippen LogP contribution < -0.4 is 9.64 Å². The third-order valence-electron chi connectivity index (χ3n) is 4.99. The maximum atomic E-state index is 13.2. The smallest absolute Gasteiger partial charge is 0.416 e. The van der Waals surface area contributed by atoms with Crippen molar-refractivity contribution in [1.29, 1.82) is 0 Å². The van der Waals surface area contributed by atoms with Crippen molar-refractivity contribution in [2.75, 3.05) is 24.7 Å². The van der Waals surface area contributed by atoms with Crippen molar-refractivity contribution < 1.29 is 23.0 Å². The summed E-state index contributed by atoms with van der Waals surface area (Å²) < 4.78 is 45.5. The van der Waals surface area contributed by atoms with Crippen molar-refractivity contribution in [3.05, 3.63) is 95.1 Å². The van der Waals surface area contributed by atoms with E-state index in [9.17, 15) is 18.3 Å². The molecule has 4 rings (SSSR count). The molecule has 1 heterocycles. The highest BCUT2D eigenvalue weighted by atomic mass is 35.5. The molecule has 32 heavy (non-hydrogen) atoms. The Morgan fingerprint density at radius 1 is 0.938 bits per heavy atom. The lowest BCUT2D eigenvalue weighted by Crippen LogP contribution is -2.28. The Labute approximate surface area is 188 Å². The molecule has 8 heteroatoms. The Morgan fingerprint density at radius 2 is 1.59 bits per heavy atom. The lowest BCUT2D eigenvalue weighted by molar-refractivity contribution is -0.137. The summed E-state index contributed by atoms with van der Waals surface area (Å²) in [6.45, 7) is 0.717. The van der Waals surface area contributed by atoms with Crippen molar-refractivity contribution in [3.63, 3.8) is 0 Å². The highest BCUT2D eigenvalue weighted by Gasteiger charge is 2.32. The summed E-state index contributed by atoms with van der Waals surface area (Å²) in [6.07, 6.45) is -2.66. The second kappa shape index (κ2) is 9.14. The number of hydrogen-bond donors (Lipinski definition) is 1. The van der Waals surface area contributed by atoms with Gasteiger partial charge in [0.1, 0.15) is 11.5 Å². The minimum atomic E-state index is -4.43. The molecule has 0 atom stereocenters. The number of aliphatic hydroxyl groups excluding tert-OH is 1. The summed E-state index contributed by atoms with van der Waals surface area (Å²) in [6, 6.07) is 19.5. The van der Waals surface area contributed by atoms with Crippen molar-refractivity contribution in [2.24, 2.45) is 0 Å². The first-order chi connectivity index (χ1) is 15.3. The molecule has 0 unspecified atom stereocenters. The summed E-state index contributed by atoms with van der Waals surface area (Å²) in [4.78, 5) is 3.75. The number of benzene rings is 3. The molecule has 1 N–H and O–H groups in total. The number of anilines is 1. The number of β-amino-alcohol motifs (C(OH)–C–C–N with tert-alkyl or cyclic N) is 1. The van der Waals surface area contributed by atoms with Gasteiger partial charge in [-0.25, -0.2) is 0 Å². The summed E-state index contributed by atoms with van der Waals surface area (Å²) in [7, 11) is 0. The molecule has 0 saturated carbocycles. The first kappa shape index (κ1) is 22.0. The molecule has 0 aliphatic carbocycles. The highest BCUT2D eigenvalue weighted by molar-refractivity contribution is 6.30. The fraction of sp³-hybridized carbons (Fsp3) is 0.167. The van der Waals surface area contributed by atoms with Crippen LogP contribution in [0.5, 0.6) is 11.5 Å². The normalized spacial score (nSPS) is 14.0. The number of aliphatic hydroxyl groups is 1. The quantitative estimate of drug-likeness (QED) is 0.473. The molecular formula is C24H20ClF3N2O2. The van der Waals surface area contributed by atoms with E-state index in [1.165, 1.54) is 6.07 Å². The predicted molar refractivity (Wildman–Crippen MR) is 119 cm³/mol. The molecule has 4 nitrogen and oxygen atoms in total. The SMILES string of the molecule is OCCN1C=C(c2cccc(C(F)(F)F)c2)N(c2ccc(Oc3ccc(Cl)cc3)cc2)C1. The molecule has 0 aromatic heterocycles. The number of halogens is 4. The van der Waals surface area contributed by atoms with Gasteiger partial charge in [-0.15, -0.1) is 0 Å². The van der Waals surface area contributed by atoms with E-state index < -0.39 is 11.7 Å². The second-order valence-corrected chi connectivity index (χ2v) is 7.68. The van der Waals surface area contributed by atoms with Gasteiger partial charge in [-0.2, -0.15) is 13.2 Å². The molecule has 0 saturated heterocycles. The zero-order valence-corrected chi connectivity index (χ0v) is 17.6. The van der Waals surface area contributed by atoms with Crippen LogP contribution in [0.4, 0.5) is 18.9 Å². The minimum Gasteiger partial charge on any atom is -0.457 e. The van der Waals surface area contributed by atoms with Gasteiger partial charge in [0.05, 0.1) is 24.5 Å². The number of rotatable bonds is 6. The molecule has 0 spiro atoms. The van der Waals surface area contributed by atoms with Crippen LogP contribution in [0.15, 0.2) is 79.0 Å². The average Bonchev–Trinajstić information content (AvgIpc) is 3.20. The van der Waals surface area contributed by atoms with Crippen molar-refractivity contribution in [1.82, 2.24) is 4.90 Å². The maximum Gasteiger partial charge on any atom is 0.416 e. The summed E-state index contributed by atoms with van der Waals surface area (Å²) in [5.41, 5.74) is 1.15. The minimum absolute atomic E-state index is 0.0614. The molecular weight excluding hydrogens is 441 g/mol. The van der Waals surface area contributed by atoms with Gasteiger partial charge in [-0.1, -0.05) is 23.7 Å². The molecule has 0 amide bonds. The summed E-state index contributed by atoms with van der Waals surface area (Å²) >= 11 is 5.89. The molecule has 3 aromatic rings. The molecule has 3 aromatic carbocycles. The molecule has 0 radical (unpaired) electrons. The molecule has 1 aliphatic heterocycles. The fourth-order valence-corrected chi connectivity index (χ4v) is 3.57. The van der Waals surface area contributed by atoms with Crippen LogP contribution in [0.1, 0.15) is 11.1 Å². The molecule has 1 aliphatic rings. The topological polar surface area (TPSA) is 35.9 Å². The van der Waals surface area contributed by atoms with Crippen LogP contribution in [0, 0.1) is 0 Å². The van der Waals surface area contributed by atoms with Gasteiger partial charge in [0.2, 0.25) is 0 Å². The van der Waals surface area contributed by atoms with E-state index in [2.05, 4.69) is 0 Å². The van der Waals surface area contributed by atoms with Gasteiger partial charge < -0.3 is 19.6 Å². The van der Waals surface area contributed by atoms with Gasteiger partial charge in [0, 0.05) is 29.0 Å². The van der Waals surface area contributed by atoms with Gasteiger partial charge in [0.25, 0.3) is 0 Å². The van der Waals surface area contributed by atoms with Crippen molar-refractivity contribution >= 4 is 23.0 Å². The van der Waals surface area contributed by atoms with Gasteiger partial charge in [-0.05, 0) is 60.7 Å². The second-order valence-electron chi connectivity index (χ2n) is 7.25. The third kappa shape index (κ3) is 5.00. The zero-order chi connectivity index (χ0) is 22.7. The van der Waals surface area contributed by atoms with E-state index in [1.807, 2.05) is 21.9 Å². The summed E-state index contributed by atoms with van der Waals surface area (Å²) in [5, 5.41) is 9.94. The van der Waals surface area contributed by atoms with Crippen LogP contribution in [-0.2, 0) is 6.18 Å². The van der Waals surface area contributed by atoms with E-state index >= 15 is 0 Å². The third-order valence-corrected chi connectivity index (χ3v) is 5.24. The van der Waals surface area contributed by atoms with Crippen LogP contribution in [0.25, 0.3) is 5.70 Å². The standard InChI is InChI=1S/C24H20ClF3N2O2/c25-19-4-8-21(9-5-19)32-22-10-6-20(7-11-22)30-16-29(12-13-31)15-23(30)17-2-1-3-18(14-17)24(26,27)28/h1-11,14-15,31H,12-13,16H2. The van der Waals surface area contributed by atoms with Crippen molar-refractivity contribution in [3.8, 4) is 11.5 Å². The van der Waals surface area contributed by atoms with Crippen LogP contribution in [0.2, 0.25) is 5.02 Å². The van der Waals surface area contributed by atoms with Gasteiger partial charge in [0.15, 0.2) is 0 Å². The zero-order valence-electron chi connectivity index (χ0n) is 16.9. The Kier molecular flexibility index (Phi) is 6.30. The van der Waals surface area contributed by atoms with Gasteiger partial charge in [-0.3, -0.25) is 0 Å². The van der Waals surface area contributed by atoms with E-state index in [1.54, 1.807) is 48.7 Å². The maximum absolute atomic E-state index is 13.2. The number of alkyl halides is 3. The number of ether oxygens (including phenoxy) is 1. The lowest BCUT2D eigenvalue weighted by Gasteiger charge is -2.24. The number of nitrogens with zero attached hydrogens (tertiary/aromatic N) is 2. The van der Waals surface area contributed by atoms with Gasteiger partial charge >= 0.3 is 6.18 Å². The average molecular weight is 461 g/mol. The predicted octanol–water partition coefficient (Wildman–Crippen LogP) is 6.22.